The van der Waals surface area contributed by atoms with Crippen LogP contribution in [0.25, 0.3) is 0 Å². The van der Waals surface area contributed by atoms with Crippen LogP contribution in [0.3, 0.4) is 0 Å². The SMILES string of the molecule is COc1ccc(OC)c(S(=O)(=O)NC2CCC(C(=O)N3CCN(C(C)C)CC3)CC2)c1. The minimum atomic E-state index is -3.76. The third-order valence-corrected chi connectivity index (χ3v) is 7.96. The van der Waals surface area contributed by atoms with Gasteiger partial charge in [-0.25, -0.2) is 13.1 Å². The highest BCUT2D eigenvalue weighted by Crippen LogP contribution is 2.31. The van der Waals surface area contributed by atoms with Crippen LogP contribution >= 0.6 is 0 Å². The average Bonchev–Trinajstić information content (AvgIpc) is 2.78. The molecule has 2 aliphatic rings. The van der Waals surface area contributed by atoms with E-state index in [1.807, 2.05) is 4.90 Å². The number of benzene rings is 1. The van der Waals surface area contributed by atoms with Gasteiger partial charge in [-0.3, -0.25) is 9.69 Å². The molecule has 1 saturated heterocycles. The van der Waals surface area contributed by atoms with Gasteiger partial charge in [0, 0.05) is 50.2 Å². The van der Waals surface area contributed by atoms with E-state index in [-0.39, 0.29) is 28.5 Å². The lowest BCUT2D eigenvalue weighted by molar-refractivity contribution is -0.138. The molecular weight excluding hydrogens is 418 g/mol. The highest BCUT2D eigenvalue weighted by Gasteiger charge is 2.33. The molecule has 0 atom stereocenters. The minimum Gasteiger partial charge on any atom is -0.497 e. The Morgan fingerprint density at radius 1 is 1.03 bits per heavy atom. The number of hydrogen-bond donors (Lipinski definition) is 1. The van der Waals surface area contributed by atoms with Crippen molar-refractivity contribution in [2.24, 2.45) is 5.92 Å². The fraction of sp³-hybridized carbons (Fsp3) is 0.682. The van der Waals surface area contributed by atoms with Crippen LogP contribution < -0.4 is 14.2 Å². The molecule has 174 valence electrons. The zero-order valence-corrected chi connectivity index (χ0v) is 19.8. The molecule has 1 aromatic carbocycles. The molecular formula is C22H35N3O5S. The average molecular weight is 454 g/mol. The number of carbonyl (C=O) groups excluding carboxylic acids is 1. The quantitative estimate of drug-likeness (QED) is 0.680. The van der Waals surface area contributed by atoms with E-state index in [1.54, 1.807) is 12.1 Å². The molecule has 1 saturated carbocycles. The predicted molar refractivity (Wildman–Crippen MR) is 119 cm³/mol. The molecule has 0 bridgehead atoms. The first-order valence-corrected chi connectivity index (χ1v) is 12.5. The number of methoxy groups -OCH3 is 2. The molecule has 0 aromatic heterocycles. The first-order valence-electron chi connectivity index (χ1n) is 11.0. The van der Waals surface area contributed by atoms with Crippen molar-refractivity contribution in [2.75, 3.05) is 40.4 Å². The molecule has 2 fully saturated rings. The molecule has 1 amide bonds. The van der Waals surface area contributed by atoms with E-state index in [0.29, 0.717) is 37.5 Å². The number of nitrogens with one attached hydrogen (secondary N) is 1. The summed E-state index contributed by atoms with van der Waals surface area (Å²) < 4.78 is 39.1. The summed E-state index contributed by atoms with van der Waals surface area (Å²) in [6.07, 6.45) is 2.69. The number of amides is 1. The van der Waals surface area contributed by atoms with Crippen molar-refractivity contribution in [1.82, 2.24) is 14.5 Å². The Morgan fingerprint density at radius 3 is 2.23 bits per heavy atom. The van der Waals surface area contributed by atoms with Crippen molar-refractivity contribution in [1.29, 1.82) is 0 Å². The number of sulfonamides is 1. The fourth-order valence-electron chi connectivity index (χ4n) is 4.45. The summed E-state index contributed by atoms with van der Waals surface area (Å²) in [6.45, 7) is 7.75. The van der Waals surface area contributed by atoms with Crippen molar-refractivity contribution in [3.63, 3.8) is 0 Å². The van der Waals surface area contributed by atoms with Gasteiger partial charge in [0.05, 0.1) is 14.2 Å². The molecule has 0 radical (unpaired) electrons. The summed E-state index contributed by atoms with van der Waals surface area (Å²) in [6, 6.07) is 5.02. The van der Waals surface area contributed by atoms with Gasteiger partial charge in [0.1, 0.15) is 16.4 Å². The molecule has 9 heteroatoms. The van der Waals surface area contributed by atoms with Crippen molar-refractivity contribution >= 4 is 15.9 Å². The highest BCUT2D eigenvalue weighted by atomic mass is 32.2. The largest absolute Gasteiger partial charge is 0.497 e. The summed E-state index contributed by atoms with van der Waals surface area (Å²) in [5, 5.41) is 0. The second-order valence-electron chi connectivity index (χ2n) is 8.64. The Bertz CT molecular complexity index is 858. The molecule has 1 aromatic rings. The first kappa shape index (κ1) is 23.8. The maximum atomic E-state index is 13.0. The minimum absolute atomic E-state index is 0.0160. The molecule has 1 aliphatic heterocycles. The van der Waals surface area contributed by atoms with Gasteiger partial charge in [-0.2, -0.15) is 0 Å². The van der Waals surface area contributed by atoms with E-state index >= 15 is 0 Å². The van der Waals surface area contributed by atoms with Crippen molar-refractivity contribution in [3.05, 3.63) is 18.2 Å². The Balaban J connectivity index is 1.56. The smallest absolute Gasteiger partial charge is 0.244 e. The summed E-state index contributed by atoms with van der Waals surface area (Å²) >= 11 is 0. The van der Waals surface area contributed by atoms with E-state index in [2.05, 4.69) is 23.5 Å². The highest BCUT2D eigenvalue weighted by molar-refractivity contribution is 7.89. The van der Waals surface area contributed by atoms with Crippen LogP contribution in [0.5, 0.6) is 11.5 Å². The van der Waals surface area contributed by atoms with Crippen LogP contribution in [-0.2, 0) is 14.8 Å². The molecule has 1 aliphatic carbocycles. The molecule has 1 N–H and O–H groups in total. The van der Waals surface area contributed by atoms with E-state index in [1.165, 1.54) is 20.3 Å². The zero-order chi connectivity index (χ0) is 22.6. The van der Waals surface area contributed by atoms with Gasteiger partial charge in [0.2, 0.25) is 15.9 Å². The molecule has 0 unspecified atom stereocenters. The second-order valence-corrected chi connectivity index (χ2v) is 10.3. The van der Waals surface area contributed by atoms with E-state index in [0.717, 1.165) is 26.2 Å². The van der Waals surface area contributed by atoms with E-state index in [4.69, 9.17) is 9.47 Å². The van der Waals surface area contributed by atoms with Gasteiger partial charge in [-0.05, 0) is 51.7 Å². The lowest BCUT2D eigenvalue weighted by atomic mass is 9.85. The Kier molecular flexibility index (Phi) is 7.82. The molecule has 3 rings (SSSR count). The number of nitrogens with zero attached hydrogens (tertiary/aromatic N) is 2. The van der Waals surface area contributed by atoms with Crippen LogP contribution in [0.4, 0.5) is 0 Å². The molecule has 1 heterocycles. The van der Waals surface area contributed by atoms with Gasteiger partial charge in [0.25, 0.3) is 0 Å². The predicted octanol–water partition coefficient (Wildman–Crippen LogP) is 2.09. The molecule has 0 spiro atoms. The summed E-state index contributed by atoms with van der Waals surface area (Å²) in [5.74, 6) is 0.933. The van der Waals surface area contributed by atoms with Crippen LogP contribution in [0.1, 0.15) is 39.5 Å². The normalized spacial score (nSPS) is 23.1. The summed E-state index contributed by atoms with van der Waals surface area (Å²) in [5.41, 5.74) is 0. The first-order chi connectivity index (χ1) is 14.7. The second kappa shape index (κ2) is 10.2. The van der Waals surface area contributed by atoms with Crippen molar-refractivity contribution in [2.45, 2.75) is 56.5 Å². The monoisotopic (exact) mass is 453 g/mol. The Hall–Kier alpha value is -1.84. The number of hydrogen-bond acceptors (Lipinski definition) is 6. The fourth-order valence-corrected chi connectivity index (χ4v) is 5.94. The Morgan fingerprint density at radius 2 is 1.68 bits per heavy atom. The van der Waals surface area contributed by atoms with E-state index < -0.39 is 10.0 Å². The van der Waals surface area contributed by atoms with Crippen molar-refractivity contribution in [3.8, 4) is 11.5 Å². The van der Waals surface area contributed by atoms with Crippen molar-refractivity contribution < 1.29 is 22.7 Å². The van der Waals surface area contributed by atoms with E-state index in [9.17, 15) is 13.2 Å². The third-order valence-electron chi connectivity index (χ3n) is 6.41. The Labute approximate surface area is 185 Å². The van der Waals surface area contributed by atoms with Crippen LogP contribution in [-0.4, -0.2) is 76.6 Å². The summed E-state index contributed by atoms with van der Waals surface area (Å²) in [7, 11) is -0.828. The van der Waals surface area contributed by atoms with Gasteiger partial charge in [-0.1, -0.05) is 0 Å². The number of carbonyl (C=O) groups is 1. The van der Waals surface area contributed by atoms with Crippen LogP contribution in [0.15, 0.2) is 23.1 Å². The lowest BCUT2D eigenvalue weighted by Gasteiger charge is -2.39. The van der Waals surface area contributed by atoms with Crippen LogP contribution in [0.2, 0.25) is 0 Å². The maximum absolute atomic E-state index is 13.0. The van der Waals surface area contributed by atoms with Gasteiger partial charge < -0.3 is 14.4 Å². The molecule has 31 heavy (non-hydrogen) atoms. The third kappa shape index (κ3) is 5.70. The van der Waals surface area contributed by atoms with Gasteiger partial charge >= 0.3 is 0 Å². The lowest BCUT2D eigenvalue weighted by Crippen LogP contribution is -2.52. The summed E-state index contributed by atoms with van der Waals surface area (Å²) in [4.78, 5) is 17.4. The number of ether oxygens (including phenoxy) is 2. The standard InChI is InChI=1S/C22H35N3O5S/c1-16(2)24-11-13-25(14-12-24)22(26)17-5-7-18(8-6-17)23-31(27,28)21-15-19(29-3)9-10-20(21)30-4/h9-10,15-18,23H,5-8,11-14H2,1-4H3. The topological polar surface area (TPSA) is 88.2 Å². The number of rotatable bonds is 7. The zero-order valence-electron chi connectivity index (χ0n) is 19.0. The van der Waals surface area contributed by atoms with Gasteiger partial charge in [-0.15, -0.1) is 0 Å². The number of piperazine rings is 1. The molecule has 8 nitrogen and oxygen atoms in total. The van der Waals surface area contributed by atoms with Gasteiger partial charge in [0.15, 0.2) is 0 Å². The van der Waals surface area contributed by atoms with Crippen LogP contribution in [0, 0.1) is 5.92 Å². The maximum Gasteiger partial charge on any atom is 0.244 e.